The Morgan fingerprint density at radius 1 is 1.07 bits per heavy atom. The average molecular weight is 388 g/mol. The van der Waals surface area contributed by atoms with E-state index in [1.165, 1.54) is 13.2 Å². The topological polar surface area (TPSA) is 99.9 Å². The van der Waals surface area contributed by atoms with E-state index in [4.69, 9.17) is 9.47 Å². The summed E-state index contributed by atoms with van der Waals surface area (Å²) in [5.41, 5.74) is 0.956. The molecule has 0 atom stereocenters. The first-order valence-electron chi connectivity index (χ1n) is 8.92. The maximum absolute atomic E-state index is 11.3. The molecule has 0 unspecified atom stereocenters. The Morgan fingerprint density at radius 2 is 1.89 bits per heavy atom. The Balaban J connectivity index is 1.98. The van der Waals surface area contributed by atoms with Gasteiger partial charge in [-0.2, -0.15) is 0 Å². The van der Waals surface area contributed by atoms with Crippen molar-refractivity contribution in [3.05, 3.63) is 52.6 Å². The number of nitrogens with zero attached hydrogens (tertiary/aromatic N) is 1. The predicted molar refractivity (Wildman–Crippen MR) is 105 cm³/mol. The van der Waals surface area contributed by atoms with Gasteiger partial charge in [-0.3, -0.25) is 14.9 Å². The van der Waals surface area contributed by atoms with Gasteiger partial charge in [0.25, 0.3) is 5.69 Å². The molecule has 1 N–H and O–H groups in total. The smallest absolute Gasteiger partial charge is 0.305 e. The number of benzene rings is 2. The minimum absolute atomic E-state index is 0.0479. The van der Waals surface area contributed by atoms with Crippen molar-refractivity contribution in [3.8, 4) is 11.5 Å². The third kappa shape index (κ3) is 6.46. The van der Waals surface area contributed by atoms with Gasteiger partial charge in [-0.15, -0.1) is 0 Å². The minimum Gasteiger partial charge on any atom is -0.497 e. The zero-order valence-corrected chi connectivity index (χ0v) is 16.0. The van der Waals surface area contributed by atoms with Crippen LogP contribution in [0.25, 0.3) is 0 Å². The molecular weight excluding hydrogens is 364 g/mol. The highest BCUT2D eigenvalue weighted by Crippen LogP contribution is 2.32. The zero-order valence-electron chi connectivity index (χ0n) is 16.0. The third-order valence-corrected chi connectivity index (χ3v) is 4.04. The first-order chi connectivity index (χ1) is 13.5. The number of methoxy groups -OCH3 is 2. The molecule has 0 spiro atoms. The summed E-state index contributed by atoms with van der Waals surface area (Å²) in [6, 6.07) is 11.7. The molecule has 2 rings (SSSR count). The second-order valence-corrected chi connectivity index (χ2v) is 6.03. The van der Waals surface area contributed by atoms with Crippen LogP contribution < -0.4 is 14.8 Å². The largest absolute Gasteiger partial charge is 0.497 e. The number of hydrogen-bond donors (Lipinski definition) is 1. The molecule has 0 aromatic heterocycles. The first-order valence-corrected chi connectivity index (χ1v) is 8.92. The number of carbonyl (C=O) groups is 1. The van der Waals surface area contributed by atoms with Crippen molar-refractivity contribution in [1.82, 2.24) is 0 Å². The van der Waals surface area contributed by atoms with Gasteiger partial charge in [-0.1, -0.05) is 6.07 Å². The Morgan fingerprint density at radius 3 is 2.61 bits per heavy atom. The van der Waals surface area contributed by atoms with Crippen LogP contribution in [0.15, 0.2) is 42.5 Å². The number of carbonyl (C=O) groups excluding carboxylic acids is 1. The van der Waals surface area contributed by atoms with Crippen molar-refractivity contribution in [3.63, 3.8) is 0 Å². The lowest BCUT2D eigenvalue weighted by atomic mass is 10.2. The van der Waals surface area contributed by atoms with Gasteiger partial charge >= 0.3 is 5.97 Å². The molecule has 0 fully saturated rings. The van der Waals surface area contributed by atoms with Gasteiger partial charge in [0.15, 0.2) is 0 Å². The fourth-order valence-electron chi connectivity index (χ4n) is 2.56. The van der Waals surface area contributed by atoms with Gasteiger partial charge in [0, 0.05) is 30.3 Å². The fourth-order valence-corrected chi connectivity index (χ4v) is 2.56. The Bertz CT molecular complexity index is 809. The van der Waals surface area contributed by atoms with E-state index < -0.39 is 4.92 Å². The van der Waals surface area contributed by atoms with Crippen LogP contribution in [0.3, 0.4) is 0 Å². The first kappa shape index (κ1) is 21.0. The van der Waals surface area contributed by atoms with Crippen molar-refractivity contribution in [2.45, 2.75) is 25.7 Å². The van der Waals surface area contributed by atoms with Gasteiger partial charge in [0.05, 0.1) is 25.7 Å². The summed E-state index contributed by atoms with van der Waals surface area (Å²) in [6.45, 7) is 0.456. The van der Waals surface area contributed by atoms with Crippen molar-refractivity contribution in [2.75, 3.05) is 26.1 Å². The summed E-state index contributed by atoms with van der Waals surface area (Å²) in [7, 11) is 2.93. The SMILES string of the molecule is COC(=O)CCCCCOc1ccc([N+](=O)[O-])c(Nc2cccc(OC)c2)c1. The zero-order chi connectivity index (χ0) is 20.4. The summed E-state index contributed by atoms with van der Waals surface area (Å²) >= 11 is 0. The number of nitrogens with one attached hydrogen (secondary N) is 1. The summed E-state index contributed by atoms with van der Waals surface area (Å²) in [4.78, 5) is 21.9. The second-order valence-electron chi connectivity index (χ2n) is 6.03. The van der Waals surface area contributed by atoms with Crippen LogP contribution in [-0.2, 0) is 9.53 Å². The van der Waals surface area contributed by atoms with E-state index in [0.29, 0.717) is 35.9 Å². The highest BCUT2D eigenvalue weighted by atomic mass is 16.6. The molecule has 8 heteroatoms. The Labute approximate surface area is 163 Å². The van der Waals surface area contributed by atoms with Gasteiger partial charge in [0.1, 0.15) is 17.2 Å². The van der Waals surface area contributed by atoms with Crippen LogP contribution in [0.4, 0.5) is 17.1 Å². The van der Waals surface area contributed by atoms with Crippen LogP contribution >= 0.6 is 0 Å². The number of anilines is 2. The summed E-state index contributed by atoms with van der Waals surface area (Å²) in [5.74, 6) is 0.959. The molecule has 0 aliphatic heterocycles. The summed E-state index contributed by atoms with van der Waals surface area (Å²) in [5, 5.41) is 14.4. The number of nitro benzene ring substituents is 1. The van der Waals surface area contributed by atoms with Crippen molar-refractivity contribution in [2.24, 2.45) is 0 Å². The van der Waals surface area contributed by atoms with E-state index in [-0.39, 0.29) is 11.7 Å². The minimum atomic E-state index is -0.445. The molecule has 150 valence electrons. The van der Waals surface area contributed by atoms with E-state index in [1.54, 1.807) is 43.5 Å². The maximum atomic E-state index is 11.3. The van der Waals surface area contributed by atoms with Gasteiger partial charge in [-0.05, 0) is 37.5 Å². The van der Waals surface area contributed by atoms with Gasteiger partial charge in [0.2, 0.25) is 0 Å². The monoisotopic (exact) mass is 388 g/mol. The van der Waals surface area contributed by atoms with Crippen LogP contribution in [0.2, 0.25) is 0 Å². The lowest BCUT2D eigenvalue weighted by molar-refractivity contribution is -0.383. The molecule has 0 amide bonds. The molecule has 0 saturated carbocycles. The van der Waals surface area contributed by atoms with Crippen LogP contribution in [-0.4, -0.2) is 31.7 Å². The molecule has 8 nitrogen and oxygen atoms in total. The van der Waals surface area contributed by atoms with Crippen LogP contribution in [0, 0.1) is 10.1 Å². The number of ether oxygens (including phenoxy) is 3. The molecule has 28 heavy (non-hydrogen) atoms. The summed E-state index contributed by atoms with van der Waals surface area (Å²) in [6.07, 6.45) is 2.73. The molecule has 2 aromatic rings. The molecule has 0 bridgehead atoms. The second kappa shape index (κ2) is 10.8. The maximum Gasteiger partial charge on any atom is 0.305 e. The molecule has 0 heterocycles. The van der Waals surface area contributed by atoms with E-state index in [2.05, 4.69) is 10.1 Å². The van der Waals surface area contributed by atoms with Crippen molar-refractivity contribution < 1.29 is 23.9 Å². The number of unbranched alkanes of at least 4 members (excludes halogenated alkanes) is 2. The summed E-state index contributed by atoms with van der Waals surface area (Å²) < 4.78 is 15.5. The average Bonchev–Trinajstić information content (AvgIpc) is 2.70. The fraction of sp³-hybridized carbons (Fsp3) is 0.350. The van der Waals surface area contributed by atoms with E-state index in [1.807, 2.05) is 0 Å². The highest BCUT2D eigenvalue weighted by molar-refractivity contribution is 5.71. The number of hydrogen-bond acceptors (Lipinski definition) is 7. The van der Waals surface area contributed by atoms with Crippen molar-refractivity contribution in [1.29, 1.82) is 0 Å². The quantitative estimate of drug-likeness (QED) is 0.262. The molecular formula is C20H24N2O6. The molecule has 0 radical (unpaired) electrons. The lowest BCUT2D eigenvalue weighted by Crippen LogP contribution is -2.02. The molecule has 2 aromatic carbocycles. The standard InChI is InChI=1S/C20H24N2O6/c1-26-16-8-6-7-15(13-16)21-18-14-17(10-11-19(18)22(24)25)28-12-5-3-4-9-20(23)27-2/h6-8,10-11,13-14,21H,3-5,9,12H2,1-2H3. The normalized spacial score (nSPS) is 10.2. The van der Waals surface area contributed by atoms with Crippen LogP contribution in [0.1, 0.15) is 25.7 Å². The molecule has 0 aliphatic rings. The van der Waals surface area contributed by atoms with E-state index in [0.717, 1.165) is 19.3 Å². The van der Waals surface area contributed by atoms with Crippen LogP contribution in [0.5, 0.6) is 11.5 Å². The highest BCUT2D eigenvalue weighted by Gasteiger charge is 2.15. The van der Waals surface area contributed by atoms with Crippen molar-refractivity contribution >= 4 is 23.0 Å². The van der Waals surface area contributed by atoms with E-state index in [9.17, 15) is 14.9 Å². The molecule has 0 aliphatic carbocycles. The number of rotatable bonds is 11. The van der Waals surface area contributed by atoms with Gasteiger partial charge in [-0.25, -0.2) is 0 Å². The van der Waals surface area contributed by atoms with Gasteiger partial charge < -0.3 is 19.5 Å². The molecule has 0 saturated heterocycles. The number of nitro groups is 1. The Hall–Kier alpha value is -3.29. The lowest BCUT2D eigenvalue weighted by Gasteiger charge is -2.11. The predicted octanol–water partition coefficient (Wildman–Crippen LogP) is 4.46. The third-order valence-electron chi connectivity index (χ3n) is 4.04. The van der Waals surface area contributed by atoms with E-state index >= 15 is 0 Å². The number of esters is 1. The Kier molecular flexibility index (Phi) is 8.08.